The Labute approximate surface area is 99.3 Å². The van der Waals surface area contributed by atoms with Crippen molar-refractivity contribution in [3.63, 3.8) is 0 Å². The summed E-state index contributed by atoms with van der Waals surface area (Å²) in [5.74, 6) is 0.821. The predicted molar refractivity (Wildman–Crippen MR) is 67.6 cm³/mol. The first-order valence-electron chi connectivity index (χ1n) is 5.46. The lowest BCUT2D eigenvalue weighted by molar-refractivity contribution is 0.412. The van der Waals surface area contributed by atoms with E-state index in [0.29, 0.717) is 0 Å². The van der Waals surface area contributed by atoms with Crippen LogP contribution in [0.2, 0.25) is 0 Å². The van der Waals surface area contributed by atoms with Gasteiger partial charge in [0.05, 0.1) is 18.8 Å². The smallest absolute Gasteiger partial charge is 0.144 e. The van der Waals surface area contributed by atoms with Gasteiger partial charge in [0.15, 0.2) is 0 Å². The highest BCUT2D eigenvalue weighted by Crippen LogP contribution is 2.25. The van der Waals surface area contributed by atoms with Gasteiger partial charge >= 0.3 is 0 Å². The van der Waals surface area contributed by atoms with Gasteiger partial charge in [-0.15, -0.1) is 0 Å². The lowest BCUT2D eigenvalue weighted by atomic mass is 10.2. The number of fused-ring (bicyclic) bond motifs is 1. The molecule has 0 spiro atoms. The third kappa shape index (κ3) is 1.56. The van der Waals surface area contributed by atoms with Gasteiger partial charge in [-0.05, 0) is 18.2 Å². The molecule has 0 aliphatic rings. The average molecular weight is 224 g/mol. The molecule has 3 heteroatoms. The average Bonchev–Trinajstić information content (AvgIpc) is 2.82. The number of rotatable bonds is 2. The topological polar surface area (TPSA) is 27.1 Å². The van der Waals surface area contributed by atoms with Crippen molar-refractivity contribution in [1.29, 1.82) is 0 Å². The van der Waals surface area contributed by atoms with E-state index in [1.54, 1.807) is 7.11 Å². The molecule has 17 heavy (non-hydrogen) atoms. The van der Waals surface area contributed by atoms with Crippen molar-refractivity contribution >= 4 is 10.9 Å². The normalized spacial score (nSPS) is 10.6. The van der Waals surface area contributed by atoms with E-state index in [2.05, 4.69) is 11.2 Å². The Balaban J connectivity index is 2.27. The van der Waals surface area contributed by atoms with E-state index in [-0.39, 0.29) is 0 Å². The van der Waals surface area contributed by atoms with Crippen molar-refractivity contribution in [2.75, 3.05) is 7.11 Å². The molecular weight excluding hydrogens is 212 g/mol. The first-order valence-corrected chi connectivity index (χ1v) is 5.46. The molecule has 0 fully saturated rings. The number of hydrogen-bond acceptors (Lipinski definition) is 2. The highest BCUT2D eigenvalue weighted by Gasteiger charge is 2.08. The third-order valence-corrected chi connectivity index (χ3v) is 2.79. The summed E-state index contributed by atoms with van der Waals surface area (Å²) >= 11 is 0. The fraction of sp³-hybridized carbons (Fsp3) is 0.0714. The fourth-order valence-electron chi connectivity index (χ4n) is 1.97. The molecule has 3 nitrogen and oxygen atoms in total. The number of para-hydroxylation sites is 3. The number of methoxy groups -OCH3 is 1. The summed E-state index contributed by atoms with van der Waals surface area (Å²) < 4.78 is 7.25. The zero-order chi connectivity index (χ0) is 11.7. The fourth-order valence-corrected chi connectivity index (χ4v) is 1.97. The van der Waals surface area contributed by atoms with Crippen LogP contribution in [0.25, 0.3) is 16.6 Å². The lowest BCUT2D eigenvalue weighted by Gasteiger charge is -2.08. The summed E-state index contributed by atoms with van der Waals surface area (Å²) in [6, 6.07) is 16.0. The first-order chi connectivity index (χ1) is 8.40. The molecule has 0 amide bonds. The number of nitrogens with zero attached hydrogens (tertiary/aromatic N) is 2. The molecule has 3 aromatic rings. The van der Waals surface area contributed by atoms with E-state index >= 15 is 0 Å². The van der Waals surface area contributed by atoms with Crippen molar-refractivity contribution in [3.8, 4) is 11.4 Å². The van der Waals surface area contributed by atoms with Crippen LogP contribution in [0.5, 0.6) is 5.75 Å². The van der Waals surface area contributed by atoms with E-state index in [9.17, 15) is 0 Å². The minimum Gasteiger partial charge on any atom is -0.494 e. The zero-order valence-corrected chi connectivity index (χ0v) is 9.50. The number of aromatic nitrogens is 2. The van der Waals surface area contributed by atoms with Crippen molar-refractivity contribution in [3.05, 3.63) is 54.7 Å². The molecule has 0 radical (unpaired) electrons. The summed E-state index contributed by atoms with van der Waals surface area (Å²) in [6.45, 7) is 0. The molecule has 0 aliphatic heterocycles. The van der Waals surface area contributed by atoms with Gasteiger partial charge in [0.25, 0.3) is 0 Å². The van der Waals surface area contributed by atoms with Crippen LogP contribution in [0.3, 0.4) is 0 Å². The first kappa shape index (κ1) is 9.90. The Morgan fingerprint density at radius 1 is 1.00 bits per heavy atom. The van der Waals surface area contributed by atoms with Crippen LogP contribution in [-0.2, 0) is 0 Å². The molecule has 1 aromatic heterocycles. The van der Waals surface area contributed by atoms with Crippen molar-refractivity contribution in [2.45, 2.75) is 0 Å². The summed E-state index contributed by atoms with van der Waals surface area (Å²) in [6.07, 6.45) is 1.86. The second kappa shape index (κ2) is 3.94. The van der Waals surface area contributed by atoms with Crippen LogP contribution in [-0.4, -0.2) is 16.9 Å². The minimum absolute atomic E-state index is 0.821. The quantitative estimate of drug-likeness (QED) is 0.669. The molecular formula is C14H12N2O. The van der Waals surface area contributed by atoms with Crippen LogP contribution in [0.1, 0.15) is 0 Å². The van der Waals surface area contributed by atoms with Gasteiger partial charge in [-0.3, -0.25) is 0 Å². The molecule has 3 rings (SSSR count). The van der Waals surface area contributed by atoms with Gasteiger partial charge in [-0.2, -0.15) is 5.10 Å². The molecule has 0 N–H and O–H groups in total. The Morgan fingerprint density at radius 3 is 2.65 bits per heavy atom. The summed E-state index contributed by atoms with van der Waals surface area (Å²) in [5.41, 5.74) is 2.04. The van der Waals surface area contributed by atoms with Gasteiger partial charge in [0, 0.05) is 5.39 Å². The SMILES string of the molecule is COc1ccccc1-n1ncc2ccccc21. The van der Waals surface area contributed by atoms with Gasteiger partial charge in [-0.1, -0.05) is 30.3 Å². The van der Waals surface area contributed by atoms with E-state index in [1.165, 1.54) is 0 Å². The molecule has 0 saturated heterocycles. The monoisotopic (exact) mass is 224 g/mol. The molecule has 84 valence electrons. The highest BCUT2D eigenvalue weighted by atomic mass is 16.5. The number of ether oxygens (including phenoxy) is 1. The maximum Gasteiger partial charge on any atom is 0.144 e. The van der Waals surface area contributed by atoms with E-state index in [0.717, 1.165) is 22.3 Å². The van der Waals surface area contributed by atoms with Crippen LogP contribution >= 0.6 is 0 Å². The summed E-state index contributed by atoms with van der Waals surface area (Å²) in [4.78, 5) is 0. The molecule has 0 unspecified atom stereocenters. The van der Waals surface area contributed by atoms with E-state index in [1.807, 2.05) is 53.3 Å². The Morgan fingerprint density at radius 2 is 1.76 bits per heavy atom. The Kier molecular flexibility index (Phi) is 2.29. The third-order valence-electron chi connectivity index (χ3n) is 2.79. The summed E-state index contributed by atoms with van der Waals surface area (Å²) in [7, 11) is 1.67. The molecule has 0 saturated carbocycles. The standard InChI is InChI=1S/C14H12N2O/c1-17-14-9-5-4-8-13(14)16-12-7-3-2-6-11(12)10-15-16/h2-10H,1H3. The van der Waals surface area contributed by atoms with Gasteiger partial charge in [0.2, 0.25) is 0 Å². The zero-order valence-electron chi connectivity index (χ0n) is 9.50. The Bertz CT molecular complexity index is 658. The molecule has 0 atom stereocenters. The van der Waals surface area contributed by atoms with Gasteiger partial charge in [0.1, 0.15) is 11.4 Å². The van der Waals surface area contributed by atoms with Crippen molar-refractivity contribution in [2.24, 2.45) is 0 Å². The molecule has 1 heterocycles. The van der Waals surface area contributed by atoms with Crippen molar-refractivity contribution in [1.82, 2.24) is 9.78 Å². The van der Waals surface area contributed by atoms with Gasteiger partial charge in [-0.25, -0.2) is 4.68 Å². The molecule has 0 aliphatic carbocycles. The van der Waals surface area contributed by atoms with E-state index < -0.39 is 0 Å². The number of hydrogen-bond donors (Lipinski definition) is 0. The summed E-state index contributed by atoms with van der Waals surface area (Å²) in [5, 5.41) is 5.53. The van der Waals surface area contributed by atoms with Crippen LogP contribution in [0, 0.1) is 0 Å². The maximum absolute atomic E-state index is 5.36. The van der Waals surface area contributed by atoms with Crippen molar-refractivity contribution < 1.29 is 4.74 Å². The largest absolute Gasteiger partial charge is 0.494 e. The maximum atomic E-state index is 5.36. The lowest BCUT2D eigenvalue weighted by Crippen LogP contribution is -1.98. The van der Waals surface area contributed by atoms with Crippen LogP contribution in [0.15, 0.2) is 54.7 Å². The van der Waals surface area contributed by atoms with Gasteiger partial charge < -0.3 is 4.74 Å². The number of benzene rings is 2. The molecule has 2 aromatic carbocycles. The Hall–Kier alpha value is -2.29. The molecule has 0 bridgehead atoms. The van der Waals surface area contributed by atoms with Crippen LogP contribution in [0.4, 0.5) is 0 Å². The predicted octanol–water partition coefficient (Wildman–Crippen LogP) is 3.03. The second-order valence-corrected chi connectivity index (χ2v) is 3.79. The van der Waals surface area contributed by atoms with E-state index in [4.69, 9.17) is 4.74 Å². The van der Waals surface area contributed by atoms with Crippen LogP contribution < -0.4 is 4.74 Å². The highest BCUT2D eigenvalue weighted by molar-refractivity contribution is 5.80. The minimum atomic E-state index is 0.821. The second-order valence-electron chi connectivity index (χ2n) is 3.79.